The van der Waals surface area contributed by atoms with Gasteiger partial charge in [0.1, 0.15) is 0 Å². The molecular weight excluding hydrogens is 299 g/mol. The highest BCUT2D eigenvalue weighted by atomic mass is 19.4. The first-order valence-corrected chi connectivity index (χ1v) is 6.19. The number of nitrogens with one attached hydrogen (secondary N) is 2. The Morgan fingerprint density at radius 1 is 1.00 bits per heavy atom. The van der Waals surface area contributed by atoms with E-state index in [1.54, 1.807) is 13.8 Å². The number of hydrogen-bond acceptors (Lipinski definition) is 4. The molecule has 0 atom stereocenters. The molecule has 22 heavy (non-hydrogen) atoms. The zero-order valence-corrected chi connectivity index (χ0v) is 11.7. The Morgan fingerprint density at radius 3 is 2.18 bits per heavy atom. The van der Waals surface area contributed by atoms with E-state index in [4.69, 9.17) is 0 Å². The Hall–Kier alpha value is -2.71. The lowest BCUT2D eigenvalue weighted by atomic mass is 10.2. The molecule has 2 N–H and O–H groups in total. The lowest BCUT2D eigenvalue weighted by Crippen LogP contribution is -2.21. The number of aryl methyl sites for hydroxylation is 2. The van der Waals surface area contributed by atoms with E-state index in [2.05, 4.69) is 25.8 Å². The van der Waals surface area contributed by atoms with E-state index in [9.17, 15) is 18.0 Å². The molecule has 0 unspecified atom stereocenters. The molecule has 0 bridgehead atoms. The lowest BCUT2D eigenvalue weighted by molar-refractivity contribution is -0.137. The fourth-order valence-corrected chi connectivity index (χ4v) is 1.52. The van der Waals surface area contributed by atoms with E-state index in [0.717, 1.165) is 24.3 Å². The van der Waals surface area contributed by atoms with Crippen LogP contribution in [0.4, 0.5) is 29.6 Å². The molecule has 0 spiro atoms. The largest absolute Gasteiger partial charge is 0.416 e. The summed E-state index contributed by atoms with van der Waals surface area (Å²) in [5.41, 5.74) is 0.663. The number of alkyl halides is 3. The fourth-order valence-electron chi connectivity index (χ4n) is 1.52. The van der Waals surface area contributed by atoms with E-state index < -0.39 is 17.8 Å². The summed E-state index contributed by atoms with van der Waals surface area (Å²) in [7, 11) is 0. The quantitative estimate of drug-likeness (QED) is 0.893. The standard InChI is InChI=1S/C13H12F3N5O/c1-7-8(2)20-21-11(17-7)19-12(22)18-10-5-3-9(4-6-10)13(14,15)16/h3-6H,1-2H3,(H2,17,18,19,21,22). The molecule has 0 aliphatic carbocycles. The zero-order valence-electron chi connectivity index (χ0n) is 11.7. The number of amides is 2. The van der Waals surface area contributed by atoms with Crippen LogP contribution in [0.1, 0.15) is 17.0 Å². The molecule has 1 heterocycles. The van der Waals surface area contributed by atoms with Gasteiger partial charge >= 0.3 is 12.2 Å². The van der Waals surface area contributed by atoms with Gasteiger partial charge in [-0.15, -0.1) is 5.10 Å². The monoisotopic (exact) mass is 311 g/mol. The van der Waals surface area contributed by atoms with Gasteiger partial charge in [-0.2, -0.15) is 18.3 Å². The van der Waals surface area contributed by atoms with Gasteiger partial charge in [0.25, 0.3) is 5.95 Å². The summed E-state index contributed by atoms with van der Waals surface area (Å²) < 4.78 is 37.3. The first kappa shape index (κ1) is 15.7. The Balaban J connectivity index is 2.01. The van der Waals surface area contributed by atoms with Crippen molar-refractivity contribution < 1.29 is 18.0 Å². The van der Waals surface area contributed by atoms with Crippen LogP contribution in [0, 0.1) is 13.8 Å². The van der Waals surface area contributed by atoms with Crippen molar-refractivity contribution in [2.45, 2.75) is 20.0 Å². The summed E-state index contributed by atoms with van der Waals surface area (Å²) in [6.45, 7) is 3.43. The smallest absolute Gasteiger partial charge is 0.308 e. The molecule has 1 aromatic carbocycles. The van der Waals surface area contributed by atoms with Gasteiger partial charge in [0.15, 0.2) is 0 Å². The van der Waals surface area contributed by atoms with Gasteiger partial charge in [-0.1, -0.05) is 0 Å². The maximum Gasteiger partial charge on any atom is 0.416 e. The third-order valence-electron chi connectivity index (χ3n) is 2.79. The van der Waals surface area contributed by atoms with Gasteiger partial charge in [-0.25, -0.2) is 9.78 Å². The molecule has 0 aliphatic rings. The van der Waals surface area contributed by atoms with Crippen molar-refractivity contribution >= 4 is 17.7 Å². The summed E-state index contributed by atoms with van der Waals surface area (Å²) in [6.07, 6.45) is -4.42. The van der Waals surface area contributed by atoms with Crippen LogP contribution in [0.15, 0.2) is 24.3 Å². The minimum atomic E-state index is -4.42. The van der Waals surface area contributed by atoms with E-state index in [-0.39, 0.29) is 11.6 Å². The van der Waals surface area contributed by atoms with Crippen LogP contribution >= 0.6 is 0 Å². The molecular formula is C13H12F3N5O. The van der Waals surface area contributed by atoms with Crippen LogP contribution in [-0.2, 0) is 6.18 Å². The molecule has 1 aromatic heterocycles. The van der Waals surface area contributed by atoms with Crippen LogP contribution in [0.2, 0.25) is 0 Å². The third kappa shape index (κ3) is 3.90. The Kier molecular flexibility index (Phi) is 4.25. The molecule has 2 rings (SSSR count). The minimum absolute atomic E-state index is 0.00696. The first-order valence-electron chi connectivity index (χ1n) is 6.19. The molecule has 2 amide bonds. The van der Waals surface area contributed by atoms with Crippen molar-refractivity contribution in [1.29, 1.82) is 0 Å². The zero-order chi connectivity index (χ0) is 16.3. The Bertz CT molecular complexity index is 685. The normalized spacial score (nSPS) is 11.1. The topological polar surface area (TPSA) is 79.8 Å². The first-order chi connectivity index (χ1) is 10.3. The molecule has 0 fully saturated rings. The highest BCUT2D eigenvalue weighted by molar-refractivity contribution is 5.98. The van der Waals surface area contributed by atoms with Gasteiger partial charge in [0.05, 0.1) is 17.0 Å². The molecule has 0 radical (unpaired) electrons. The Morgan fingerprint density at radius 2 is 1.64 bits per heavy atom. The summed E-state index contributed by atoms with van der Waals surface area (Å²) >= 11 is 0. The Labute approximate surface area is 123 Å². The minimum Gasteiger partial charge on any atom is -0.308 e. The second-order valence-corrected chi connectivity index (χ2v) is 4.46. The van der Waals surface area contributed by atoms with Crippen LogP contribution < -0.4 is 10.6 Å². The number of hydrogen-bond donors (Lipinski definition) is 2. The number of rotatable bonds is 2. The van der Waals surface area contributed by atoms with Crippen molar-refractivity contribution in [1.82, 2.24) is 15.2 Å². The predicted molar refractivity (Wildman–Crippen MR) is 73.4 cm³/mol. The summed E-state index contributed by atoms with van der Waals surface area (Å²) in [6, 6.07) is 3.39. The molecule has 0 aliphatic heterocycles. The number of urea groups is 1. The number of benzene rings is 1. The number of halogens is 3. The number of carbonyl (C=O) groups excluding carboxylic acids is 1. The number of carbonyl (C=O) groups is 1. The van der Waals surface area contributed by atoms with Crippen molar-refractivity contribution in [3.05, 3.63) is 41.2 Å². The second kappa shape index (κ2) is 5.96. The molecule has 116 valence electrons. The summed E-state index contributed by atoms with van der Waals surface area (Å²) in [5.74, 6) is 0.00696. The predicted octanol–water partition coefficient (Wildman–Crippen LogP) is 3.15. The van der Waals surface area contributed by atoms with Gasteiger partial charge in [-0.05, 0) is 38.1 Å². The fraction of sp³-hybridized carbons (Fsp3) is 0.231. The van der Waals surface area contributed by atoms with Crippen molar-refractivity contribution in [2.75, 3.05) is 10.6 Å². The van der Waals surface area contributed by atoms with E-state index in [1.165, 1.54) is 0 Å². The van der Waals surface area contributed by atoms with Crippen LogP contribution in [0.3, 0.4) is 0 Å². The maximum absolute atomic E-state index is 12.4. The van der Waals surface area contributed by atoms with Crippen LogP contribution in [-0.4, -0.2) is 21.2 Å². The van der Waals surface area contributed by atoms with Crippen LogP contribution in [0.5, 0.6) is 0 Å². The van der Waals surface area contributed by atoms with Crippen molar-refractivity contribution in [2.24, 2.45) is 0 Å². The average molecular weight is 311 g/mol. The third-order valence-corrected chi connectivity index (χ3v) is 2.79. The SMILES string of the molecule is Cc1nnc(NC(=O)Nc2ccc(C(F)(F)F)cc2)nc1C. The van der Waals surface area contributed by atoms with E-state index >= 15 is 0 Å². The van der Waals surface area contributed by atoms with Crippen LogP contribution in [0.25, 0.3) is 0 Å². The number of nitrogens with zero attached hydrogens (tertiary/aromatic N) is 3. The highest BCUT2D eigenvalue weighted by Gasteiger charge is 2.29. The lowest BCUT2D eigenvalue weighted by Gasteiger charge is -2.09. The number of aromatic nitrogens is 3. The highest BCUT2D eigenvalue weighted by Crippen LogP contribution is 2.29. The van der Waals surface area contributed by atoms with Gasteiger partial charge in [0, 0.05) is 5.69 Å². The van der Waals surface area contributed by atoms with Crippen molar-refractivity contribution in [3.8, 4) is 0 Å². The molecule has 6 nitrogen and oxygen atoms in total. The number of anilines is 2. The molecule has 2 aromatic rings. The van der Waals surface area contributed by atoms with E-state index in [1.807, 2.05) is 0 Å². The second-order valence-electron chi connectivity index (χ2n) is 4.46. The van der Waals surface area contributed by atoms with Gasteiger partial charge in [-0.3, -0.25) is 5.32 Å². The molecule has 0 saturated carbocycles. The van der Waals surface area contributed by atoms with Gasteiger partial charge < -0.3 is 5.32 Å². The van der Waals surface area contributed by atoms with Gasteiger partial charge in [0.2, 0.25) is 0 Å². The maximum atomic E-state index is 12.4. The van der Waals surface area contributed by atoms with Crippen molar-refractivity contribution in [3.63, 3.8) is 0 Å². The summed E-state index contributed by atoms with van der Waals surface area (Å²) in [5, 5.41) is 12.2. The molecule has 0 saturated heterocycles. The van der Waals surface area contributed by atoms with E-state index in [0.29, 0.717) is 11.4 Å². The average Bonchev–Trinajstić information content (AvgIpc) is 2.42. The molecule has 9 heteroatoms. The summed E-state index contributed by atoms with van der Waals surface area (Å²) in [4.78, 5) is 15.7.